The second-order valence-electron chi connectivity index (χ2n) is 5.53. The molecule has 2 rings (SSSR count). The molecule has 1 aliphatic carbocycles. The van der Waals surface area contributed by atoms with Crippen LogP contribution in [0.4, 0.5) is 5.82 Å². The number of aliphatic carboxylic acids is 1. The number of carboxylic acids is 1. The third-order valence-electron chi connectivity index (χ3n) is 4.03. The molecule has 21 heavy (non-hydrogen) atoms. The average Bonchev–Trinajstić information content (AvgIpc) is 2.72. The van der Waals surface area contributed by atoms with Gasteiger partial charge >= 0.3 is 5.97 Å². The number of nitrogens with zero attached hydrogens (tertiary/aromatic N) is 2. The van der Waals surface area contributed by atoms with Gasteiger partial charge in [-0.25, -0.2) is 0 Å². The fourth-order valence-electron chi connectivity index (χ4n) is 2.78. The monoisotopic (exact) mass is 293 g/mol. The Kier molecular flexibility index (Phi) is 5.36. The molecule has 1 saturated carbocycles. The predicted molar refractivity (Wildman–Crippen MR) is 79.5 cm³/mol. The molecule has 2 N–H and O–H groups in total. The molecule has 6 nitrogen and oxygen atoms in total. The van der Waals surface area contributed by atoms with Gasteiger partial charge in [0.25, 0.3) is 0 Å². The van der Waals surface area contributed by atoms with Crippen LogP contribution in [0.5, 0.6) is 5.88 Å². The van der Waals surface area contributed by atoms with Gasteiger partial charge < -0.3 is 15.2 Å². The van der Waals surface area contributed by atoms with Gasteiger partial charge in [-0.1, -0.05) is 25.7 Å². The molecule has 0 spiro atoms. The zero-order valence-corrected chi connectivity index (χ0v) is 12.5. The first-order valence-corrected chi connectivity index (χ1v) is 7.58. The van der Waals surface area contributed by atoms with Crippen LogP contribution >= 0.6 is 0 Å². The SMILES string of the molecule is CCOc1cncc(NCC2(C(=O)O)CCCCCC2)n1. The first-order valence-electron chi connectivity index (χ1n) is 7.58. The lowest BCUT2D eigenvalue weighted by molar-refractivity contribution is -0.149. The molecule has 1 aliphatic rings. The van der Waals surface area contributed by atoms with Gasteiger partial charge in [0.2, 0.25) is 5.88 Å². The Hall–Kier alpha value is -1.85. The van der Waals surface area contributed by atoms with Crippen LogP contribution in [0.1, 0.15) is 45.4 Å². The Morgan fingerprint density at radius 2 is 2.05 bits per heavy atom. The summed E-state index contributed by atoms with van der Waals surface area (Å²) in [4.78, 5) is 20.0. The molecule has 1 fully saturated rings. The van der Waals surface area contributed by atoms with Gasteiger partial charge in [-0.05, 0) is 19.8 Å². The Bertz CT molecular complexity index is 471. The second kappa shape index (κ2) is 7.24. The summed E-state index contributed by atoms with van der Waals surface area (Å²) < 4.78 is 5.30. The minimum atomic E-state index is -0.717. The zero-order chi connectivity index (χ0) is 15.1. The number of rotatable bonds is 6. The molecule has 0 unspecified atom stereocenters. The molecule has 1 aromatic heterocycles. The largest absolute Gasteiger partial charge is 0.481 e. The van der Waals surface area contributed by atoms with Crippen LogP contribution < -0.4 is 10.1 Å². The van der Waals surface area contributed by atoms with E-state index in [1.807, 2.05) is 6.92 Å². The number of aromatic nitrogens is 2. The maximum absolute atomic E-state index is 11.7. The van der Waals surface area contributed by atoms with Crippen molar-refractivity contribution in [1.82, 2.24) is 9.97 Å². The maximum Gasteiger partial charge on any atom is 0.311 e. The Labute approximate surface area is 124 Å². The molecule has 1 aromatic rings. The standard InChI is InChI=1S/C15H23N3O3/c1-2-21-13-10-16-9-12(18-13)17-11-15(14(19)20)7-5-3-4-6-8-15/h9-10H,2-8,11H2,1H3,(H,17,18)(H,19,20). The van der Waals surface area contributed by atoms with Gasteiger partial charge in [-0.15, -0.1) is 0 Å². The number of carbonyl (C=O) groups is 1. The third kappa shape index (κ3) is 4.06. The van der Waals surface area contributed by atoms with Gasteiger partial charge in [0.15, 0.2) is 0 Å². The van der Waals surface area contributed by atoms with Crippen LogP contribution in [0.2, 0.25) is 0 Å². The van der Waals surface area contributed by atoms with E-state index in [1.165, 1.54) is 0 Å². The first kappa shape index (κ1) is 15.5. The van der Waals surface area contributed by atoms with Gasteiger partial charge in [-0.2, -0.15) is 4.98 Å². The van der Waals surface area contributed by atoms with E-state index in [2.05, 4.69) is 15.3 Å². The minimum absolute atomic E-state index is 0.382. The Balaban J connectivity index is 2.04. The van der Waals surface area contributed by atoms with Crippen LogP contribution in [0.25, 0.3) is 0 Å². The minimum Gasteiger partial charge on any atom is -0.481 e. The number of nitrogens with one attached hydrogen (secondary N) is 1. The van der Waals surface area contributed by atoms with Crippen molar-refractivity contribution in [2.24, 2.45) is 5.41 Å². The number of ether oxygens (including phenoxy) is 1. The third-order valence-corrected chi connectivity index (χ3v) is 4.03. The van der Waals surface area contributed by atoms with Gasteiger partial charge in [-0.3, -0.25) is 9.78 Å². The van der Waals surface area contributed by atoms with Gasteiger partial charge in [0, 0.05) is 6.54 Å². The van der Waals surface area contributed by atoms with Crippen molar-refractivity contribution in [3.63, 3.8) is 0 Å². The Morgan fingerprint density at radius 1 is 1.33 bits per heavy atom. The van der Waals surface area contributed by atoms with E-state index in [0.29, 0.717) is 37.7 Å². The molecular weight excluding hydrogens is 270 g/mol. The first-order chi connectivity index (χ1) is 10.2. The highest BCUT2D eigenvalue weighted by Gasteiger charge is 2.38. The summed E-state index contributed by atoms with van der Waals surface area (Å²) in [7, 11) is 0. The van der Waals surface area contributed by atoms with Crippen molar-refractivity contribution >= 4 is 11.8 Å². The van der Waals surface area contributed by atoms with Crippen LogP contribution in [-0.4, -0.2) is 34.2 Å². The molecule has 6 heteroatoms. The highest BCUT2D eigenvalue weighted by atomic mass is 16.5. The number of carboxylic acid groups (broad SMARTS) is 1. The van der Waals surface area contributed by atoms with Crippen molar-refractivity contribution in [1.29, 1.82) is 0 Å². The molecule has 0 aromatic carbocycles. The van der Waals surface area contributed by atoms with E-state index in [0.717, 1.165) is 25.7 Å². The lowest BCUT2D eigenvalue weighted by Gasteiger charge is -2.28. The van der Waals surface area contributed by atoms with Crippen LogP contribution in [0.3, 0.4) is 0 Å². The lowest BCUT2D eigenvalue weighted by Crippen LogP contribution is -2.37. The molecule has 0 saturated heterocycles. The van der Waals surface area contributed by atoms with Gasteiger partial charge in [0.05, 0.1) is 24.4 Å². The summed E-state index contributed by atoms with van der Waals surface area (Å²) in [6, 6.07) is 0. The molecule has 0 amide bonds. The number of anilines is 1. The van der Waals surface area contributed by atoms with E-state index in [-0.39, 0.29) is 0 Å². The van der Waals surface area contributed by atoms with E-state index >= 15 is 0 Å². The highest BCUT2D eigenvalue weighted by molar-refractivity contribution is 5.75. The highest BCUT2D eigenvalue weighted by Crippen LogP contribution is 2.35. The van der Waals surface area contributed by atoms with Crippen LogP contribution in [0, 0.1) is 5.41 Å². The fourth-order valence-corrected chi connectivity index (χ4v) is 2.78. The van der Waals surface area contributed by atoms with Gasteiger partial charge in [0.1, 0.15) is 5.82 Å². The molecule has 0 aliphatic heterocycles. The van der Waals surface area contributed by atoms with Crippen molar-refractivity contribution in [3.8, 4) is 5.88 Å². The van der Waals surface area contributed by atoms with Crippen LogP contribution in [-0.2, 0) is 4.79 Å². The molecule has 0 bridgehead atoms. The smallest absolute Gasteiger partial charge is 0.311 e. The van der Waals surface area contributed by atoms with Crippen LogP contribution in [0.15, 0.2) is 12.4 Å². The summed E-state index contributed by atoms with van der Waals surface area (Å²) >= 11 is 0. The summed E-state index contributed by atoms with van der Waals surface area (Å²) in [6.07, 6.45) is 8.75. The van der Waals surface area contributed by atoms with Crippen molar-refractivity contribution in [3.05, 3.63) is 12.4 Å². The van der Waals surface area contributed by atoms with E-state index in [9.17, 15) is 9.90 Å². The molecule has 116 valence electrons. The van der Waals surface area contributed by atoms with Crippen molar-refractivity contribution in [2.75, 3.05) is 18.5 Å². The molecule has 0 atom stereocenters. The fraction of sp³-hybridized carbons (Fsp3) is 0.667. The topological polar surface area (TPSA) is 84.3 Å². The lowest BCUT2D eigenvalue weighted by atomic mass is 9.80. The summed E-state index contributed by atoms with van der Waals surface area (Å²) in [5.41, 5.74) is -0.695. The molecule has 1 heterocycles. The van der Waals surface area contributed by atoms with Crippen molar-refractivity contribution in [2.45, 2.75) is 45.4 Å². The Morgan fingerprint density at radius 3 is 2.67 bits per heavy atom. The molecule has 0 radical (unpaired) electrons. The van der Waals surface area contributed by atoms with E-state index in [4.69, 9.17) is 4.74 Å². The van der Waals surface area contributed by atoms with E-state index in [1.54, 1.807) is 12.4 Å². The zero-order valence-electron chi connectivity index (χ0n) is 12.5. The van der Waals surface area contributed by atoms with Crippen molar-refractivity contribution < 1.29 is 14.6 Å². The average molecular weight is 293 g/mol. The number of hydrogen-bond donors (Lipinski definition) is 2. The summed E-state index contributed by atoms with van der Waals surface area (Å²) in [6.45, 7) is 2.79. The van der Waals surface area contributed by atoms with E-state index < -0.39 is 11.4 Å². The normalized spacial score (nSPS) is 17.8. The summed E-state index contributed by atoms with van der Waals surface area (Å²) in [5.74, 6) is 0.296. The molecular formula is C15H23N3O3. The second-order valence-corrected chi connectivity index (χ2v) is 5.53. The summed E-state index contributed by atoms with van der Waals surface area (Å²) in [5, 5.41) is 12.8. The number of hydrogen-bond acceptors (Lipinski definition) is 5. The maximum atomic E-state index is 11.7. The predicted octanol–water partition coefficient (Wildman–Crippen LogP) is 2.71. The quantitative estimate of drug-likeness (QED) is 0.784.